The number of nitrogens with zero attached hydrogens (tertiary/aromatic N) is 2. The number of nitriles is 1. The minimum Gasteiger partial charge on any atom is -0.507 e. The van der Waals surface area contributed by atoms with Crippen molar-refractivity contribution in [2.24, 2.45) is 0 Å². The number of pyridine rings is 1. The first-order chi connectivity index (χ1) is 11.1. The van der Waals surface area contributed by atoms with Gasteiger partial charge >= 0.3 is 5.97 Å². The lowest BCUT2D eigenvalue weighted by atomic mass is 10.0. The molecule has 2 aromatic carbocycles. The van der Waals surface area contributed by atoms with E-state index < -0.39 is 5.97 Å². The number of ether oxygens (including phenoxy) is 1. The zero-order valence-corrected chi connectivity index (χ0v) is 12.3. The highest BCUT2D eigenvalue weighted by atomic mass is 16.5. The molecule has 5 heteroatoms. The number of aromatic hydroxyl groups is 1. The van der Waals surface area contributed by atoms with E-state index >= 15 is 0 Å². The molecule has 1 N–H and O–H groups in total. The lowest BCUT2D eigenvalue weighted by Crippen LogP contribution is -2.01. The first-order valence-electron chi connectivity index (χ1n) is 6.85. The molecule has 3 aromatic rings. The summed E-state index contributed by atoms with van der Waals surface area (Å²) in [6.07, 6.45) is 0. The largest absolute Gasteiger partial charge is 0.507 e. The summed E-state index contributed by atoms with van der Waals surface area (Å²) in [7, 11) is 1.25. The molecule has 0 amide bonds. The van der Waals surface area contributed by atoms with Gasteiger partial charge in [-0.25, -0.2) is 9.78 Å². The van der Waals surface area contributed by atoms with E-state index in [1.807, 2.05) is 24.3 Å². The van der Waals surface area contributed by atoms with E-state index in [-0.39, 0.29) is 11.3 Å². The molecule has 0 aliphatic carbocycles. The average molecular weight is 304 g/mol. The molecule has 0 radical (unpaired) electrons. The highest BCUT2D eigenvalue weighted by Gasteiger charge is 2.14. The first kappa shape index (κ1) is 14.5. The van der Waals surface area contributed by atoms with Crippen LogP contribution in [0.2, 0.25) is 0 Å². The topological polar surface area (TPSA) is 83.2 Å². The third-order valence-corrected chi connectivity index (χ3v) is 3.54. The zero-order chi connectivity index (χ0) is 16.4. The van der Waals surface area contributed by atoms with Gasteiger partial charge in [-0.1, -0.05) is 24.3 Å². The molecule has 23 heavy (non-hydrogen) atoms. The number of benzene rings is 2. The maximum Gasteiger partial charge on any atom is 0.341 e. The number of esters is 1. The second kappa shape index (κ2) is 5.78. The van der Waals surface area contributed by atoms with Gasteiger partial charge < -0.3 is 9.84 Å². The number of rotatable bonds is 2. The van der Waals surface area contributed by atoms with Crippen LogP contribution >= 0.6 is 0 Å². The van der Waals surface area contributed by atoms with Gasteiger partial charge in [0.1, 0.15) is 11.3 Å². The standard InChI is InChI=1S/C18H12N2O3/c1-23-18(22)14-7-6-11(9-17(14)21)16-8-12(10-19)13-4-2-3-5-15(13)20-16/h2-9,21H,1H3. The first-order valence-corrected chi connectivity index (χ1v) is 6.85. The van der Waals surface area contributed by atoms with Crippen LogP contribution in [0.4, 0.5) is 0 Å². The van der Waals surface area contributed by atoms with Gasteiger partial charge in [0, 0.05) is 10.9 Å². The van der Waals surface area contributed by atoms with Crippen LogP contribution in [0.3, 0.4) is 0 Å². The summed E-state index contributed by atoms with van der Waals surface area (Å²) < 4.78 is 4.60. The number of phenols is 1. The molecule has 0 bridgehead atoms. The van der Waals surface area contributed by atoms with E-state index in [0.717, 1.165) is 5.39 Å². The monoisotopic (exact) mass is 304 g/mol. The van der Waals surface area contributed by atoms with Gasteiger partial charge in [-0.05, 0) is 24.3 Å². The van der Waals surface area contributed by atoms with Gasteiger partial charge in [-0.15, -0.1) is 0 Å². The van der Waals surface area contributed by atoms with Crippen LogP contribution in [0.5, 0.6) is 5.75 Å². The lowest BCUT2D eigenvalue weighted by Gasteiger charge is -2.08. The van der Waals surface area contributed by atoms with Crippen LogP contribution in [0.15, 0.2) is 48.5 Å². The molecule has 3 rings (SSSR count). The molecule has 1 aromatic heterocycles. The summed E-state index contributed by atoms with van der Waals surface area (Å²) in [6.45, 7) is 0. The van der Waals surface area contributed by atoms with Crippen LogP contribution in [0, 0.1) is 11.3 Å². The van der Waals surface area contributed by atoms with Crippen LogP contribution in [0.1, 0.15) is 15.9 Å². The smallest absolute Gasteiger partial charge is 0.341 e. The van der Waals surface area contributed by atoms with Crippen LogP contribution < -0.4 is 0 Å². The van der Waals surface area contributed by atoms with Crippen molar-refractivity contribution in [2.45, 2.75) is 0 Å². The van der Waals surface area contributed by atoms with Crippen LogP contribution in [-0.4, -0.2) is 23.2 Å². The van der Waals surface area contributed by atoms with Crippen LogP contribution in [0.25, 0.3) is 22.2 Å². The summed E-state index contributed by atoms with van der Waals surface area (Å²) in [6, 6.07) is 15.7. The number of hydrogen-bond acceptors (Lipinski definition) is 5. The van der Waals surface area contributed by atoms with Crippen molar-refractivity contribution in [2.75, 3.05) is 7.11 Å². The number of hydrogen-bond donors (Lipinski definition) is 1. The Morgan fingerprint density at radius 3 is 2.70 bits per heavy atom. The highest BCUT2D eigenvalue weighted by Crippen LogP contribution is 2.28. The van der Waals surface area contributed by atoms with E-state index in [9.17, 15) is 15.2 Å². The molecule has 0 unspecified atom stereocenters. The molecule has 0 saturated heterocycles. The van der Waals surface area contributed by atoms with Crippen molar-refractivity contribution in [1.29, 1.82) is 5.26 Å². The third kappa shape index (κ3) is 2.58. The van der Waals surface area contributed by atoms with Crippen molar-refractivity contribution < 1.29 is 14.6 Å². The normalized spacial score (nSPS) is 10.3. The Balaban J connectivity index is 2.16. The molecule has 0 aliphatic heterocycles. The summed E-state index contributed by atoms with van der Waals surface area (Å²) in [5.74, 6) is -0.805. The Hall–Kier alpha value is -3.39. The second-order valence-electron chi connectivity index (χ2n) is 4.91. The number of carbonyl (C=O) groups excluding carboxylic acids is 1. The quantitative estimate of drug-likeness (QED) is 0.735. The summed E-state index contributed by atoms with van der Waals surface area (Å²) in [4.78, 5) is 16.0. The van der Waals surface area contributed by atoms with Gasteiger partial charge in [-0.3, -0.25) is 0 Å². The van der Waals surface area contributed by atoms with E-state index in [0.29, 0.717) is 22.3 Å². The summed E-state index contributed by atoms with van der Waals surface area (Å²) in [5, 5.41) is 20.1. The zero-order valence-electron chi connectivity index (χ0n) is 12.3. The van der Waals surface area contributed by atoms with Crippen molar-refractivity contribution in [3.8, 4) is 23.1 Å². The molecule has 0 fully saturated rings. The predicted molar refractivity (Wildman–Crippen MR) is 84.9 cm³/mol. The number of phenolic OH excluding ortho intramolecular Hbond substituents is 1. The minimum atomic E-state index is -0.613. The van der Waals surface area contributed by atoms with Gasteiger partial charge in [0.2, 0.25) is 0 Å². The minimum absolute atomic E-state index is 0.0811. The van der Waals surface area contributed by atoms with Gasteiger partial charge in [0.05, 0.1) is 30.0 Å². The van der Waals surface area contributed by atoms with Gasteiger partial charge in [-0.2, -0.15) is 5.26 Å². The predicted octanol–water partition coefficient (Wildman–Crippen LogP) is 3.27. The van der Waals surface area contributed by atoms with Gasteiger partial charge in [0.15, 0.2) is 0 Å². The fraction of sp³-hybridized carbons (Fsp3) is 0.0556. The molecule has 0 atom stereocenters. The van der Waals surface area contributed by atoms with E-state index in [1.165, 1.54) is 19.2 Å². The van der Waals surface area contributed by atoms with Crippen molar-refractivity contribution in [3.63, 3.8) is 0 Å². The van der Waals surface area contributed by atoms with Crippen molar-refractivity contribution >= 4 is 16.9 Å². The Morgan fingerprint density at radius 1 is 1.22 bits per heavy atom. The van der Waals surface area contributed by atoms with E-state index in [4.69, 9.17) is 0 Å². The second-order valence-corrected chi connectivity index (χ2v) is 4.91. The van der Waals surface area contributed by atoms with Crippen LogP contribution in [-0.2, 0) is 4.74 Å². The molecular weight excluding hydrogens is 292 g/mol. The van der Waals surface area contributed by atoms with Gasteiger partial charge in [0.25, 0.3) is 0 Å². The summed E-state index contributed by atoms with van der Waals surface area (Å²) in [5.41, 5.74) is 2.43. The Labute approximate surface area is 132 Å². The fourth-order valence-corrected chi connectivity index (χ4v) is 2.39. The Bertz CT molecular complexity index is 958. The van der Waals surface area contributed by atoms with E-state index in [1.54, 1.807) is 12.1 Å². The molecular formula is C18H12N2O3. The maximum absolute atomic E-state index is 11.5. The summed E-state index contributed by atoms with van der Waals surface area (Å²) >= 11 is 0. The molecule has 1 heterocycles. The Morgan fingerprint density at radius 2 is 2.00 bits per heavy atom. The SMILES string of the molecule is COC(=O)c1ccc(-c2cc(C#N)c3ccccc3n2)cc1O. The molecule has 0 spiro atoms. The van der Waals surface area contributed by atoms with Crippen molar-refractivity contribution in [1.82, 2.24) is 4.98 Å². The van der Waals surface area contributed by atoms with E-state index in [2.05, 4.69) is 15.8 Å². The number of carbonyl (C=O) groups is 1. The number of para-hydroxylation sites is 1. The molecule has 5 nitrogen and oxygen atoms in total. The average Bonchev–Trinajstić information content (AvgIpc) is 2.60. The maximum atomic E-state index is 11.5. The number of aromatic nitrogens is 1. The number of methoxy groups -OCH3 is 1. The lowest BCUT2D eigenvalue weighted by molar-refractivity contribution is 0.0597. The number of fused-ring (bicyclic) bond motifs is 1. The van der Waals surface area contributed by atoms with Crippen molar-refractivity contribution in [3.05, 3.63) is 59.7 Å². The highest BCUT2D eigenvalue weighted by molar-refractivity contribution is 5.93. The molecule has 0 aliphatic rings. The molecule has 112 valence electrons. The fourth-order valence-electron chi connectivity index (χ4n) is 2.39. The molecule has 0 saturated carbocycles. The Kier molecular flexibility index (Phi) is 3.65. The third-order valence-electron chi connectivity index (χ3n) is 3.54.